The smallest absolute Gasteiger partial charge is 0.328 e. The molecular weight excluding hydrogens is 320 g/mol. The summed E-state index contributed by atoms with van der Waals surface area (Å²) in [6, 6.07) is 10.4. The van der Waals surface area contributed by atoms with Gasteiger partial charge in [-0.3, -0.25) is 9.13 Å². The number of carbonyl (C=O) groups excluding carboxylic acids is 1. The van der Waals surface area contributed by atoms with E-state index < -0.39 is 0 Å². The van der Waals surface area contributed by atoms with Crippen LogP contribution in [0.2, 0.25) is 0 Å². The molecular formula is C18H20N4O3. The van der Waals surface area contributed by atoms with Gasteiger partial charge in [-0.15, -0.1) is 0 Å². The number of hydrogen-bond donors (Lipinski definition) is 2. The second-order valence-corrected chi connectivity index (χ2v) is 5.87. The van der Waals surface area contributed by atoms with Gasteiger partial charge >= 0.3 is 11.7 Å². The summed E-state index contributed by atoms with van der Waals surface area (Å²) in [4.78, 5) is 24.3. The van der Waals surface area contributed by atoms with Crippen LogP contribution in [0.3, 0.4) is 0 Å². The molecule has 7 heteroatoms. The number of aryl methyl sites for hydroxylation is 3. The molecule has 1 aromatic heterocycles. The lowest BCUT2D eigenvalue weighted by molar-refractivity contribution is 0.262. The van der Waals surface area contributed by atoms with Crippen LogP contribution in [0, 0.1) is 6.92 Å². The van der Waals surface area contributed by atoms with Crippen molar-refractivity contribution in [3.8, 4) is 5.75 Å². The van der Waals surface area contributed by atoms with Crippen molar-refractivity contribution in [1.82, 2.24) is 9.13 Å². The summed E-state index contributed by atoms with van der Waals surface area (Å²) in [6.45, 7) is 1.89. The topological polar surface area (TPSA) is 77.3 Å². The Balaban J connectivity index is 1.87. The first-order valence-corrected chi connectivity index (χ1v) is 7.79. The maximum absolute atomic E-state index is 12.3. The molecule has 0 fully saturated rings. The number of nitrogens with zero attached hydrogens (tertiary/aromatic N) is 2. The number of imidazole rings is 1. The van der Waals surface area contributed by atoms with Crippen LogP contribution >= 0.6 is 0 Å². The molecule has 0 aliphatic carbocycles. The third kappa shape index (κ3) is 3.08. The fourth-order valence-corrected chi connectivity index (χ4v) is 2.77. The average Bonchev–Trinajstić information content (AvgIpc) is 2.80. The number of anilines is 2. The van der Waals surface area contributed by atoms with Crippen LogP contribution in [0.25, 0.3) is 11.0 Å². The summed E-state index contributed by atoms with van der Waals surface area (Å²) < 4.78 is 8.28. The lowest BCUT2D eigenvalue weighted by Gasteiger charge is -2.11. The fraction of sp³-hybridized carbons (Fsp3) is 0.222. The van der Waals surface area contributed by atoms with Gasteiger partial charge in [-0.25, -0.2) is 9.59 Å². The van der Waals surface area contributed by atoms with Gasteiger partial charge < -0.3 is 15.4 Å². The van der Waals surface area contributed by atoms with Gasteiger partial charge in [-0.2, -0.15) is 0 Å². The summed E-state index contributed by atoms with van der Waals surface area (Å²) in [5, 5.41) is 5.60. The Labute approximate surface area is 144 Å². The molecule has 130 valence electrons. The van der Waals surface area contributed by atoms with Gasteiger partial charge in [-0.05, 0) is 36.8 Å². The van der Waals surface area contributed by atoms with Crippen LogP contribution in [-0.2, 0) is 14.1 Å². The van der Waals surface area contributed by atoms with Gasteiger partial charge in [0.2, 0.25) is 0 Å². The average molecular weight is 340 g/mol. The van der Waals surface area contributed by atoms with Crippen molar-refractivity contribution in [2.24, 2.45) is 14.1 Å². The van der Waals surface area contributed by atoms with Gasteiger partial charge in [0.25, 0.3) is 0 Å². The van der Waals surface area contributed by atoms with Gasteiger partial charge in [0.15, 0.2) is 0 Å². The first-order valence-electron chi connectivity index (χ1n) is 7.79. The second kappa shape index (κ2) is 6.35. The van der Waals surface area contributed by atoms with Crippen LogP contribution in [0.1, 0.15) is 5.56 Å². The molecule has 3 rings (SSSR count). The number of aromatic nitrogens is 2. The first-order chi connectivity index (χ1) is 11.9. The monoisotopic (exact) mass is 340 g/mol. The predicted molar refractivity (Wildman–Crippen MR) is 98.5 cm³/mol. The van der Waals surface area contributed by atoms with Gasteiger partial charge in [0.1, 0.15) is 5.75 Å². The lowest BCUT2D eigenvalue weighted by atomic mass is 10.1. The van der Waals surface area contributed by atoms with Crippen molar-refractivity contribution in [1.29, 1.82) is 0 Å². The SMILES string of the molecule is COc1cccc(NC(=O)Nc2cc3c(cc2C)n(C)c(=O)n3C)c1. The summed E-state index contributed by atoms with van der Waals surface area (Å²) in [5.41, 5.74) is 3.62. The maximum atomic E-state index is 12.3. The minimum atomic E-state index is -0.364. The van der Waals surface area contributed by atoms with Gasteiger partial charge in [0, 0.05) is 31.5 Å². The molecule has 2 aromatic carbocycles. The number of rotatable bonds is 3. The van der Waals surface area contributed by atoms with Crippen LogP contribution in [-0.4, -0.2) is 22.3 Å². The van der Waals surface area contributed by atoms with Gasteiger partial charge in [0.05, 0.1) is 18.1 Å². The van der Waals surface area contributed by atoms with E-state index in [0.717, 1.165) is 16.6 Å². The van der Waals surface area contributed by atoms with E-state index in [1.54, 1.807) is 60.7 Å². The Bertz CT molecular complexity index is 1020. The minimum Gasteiger partial charge on any atom is -0.497 e. The van der Waals surface area contributed by atoms with E-state index in [1.807, 2.05) is 13.0 Å². The zero-order valence-corrected chi connectivity index (χ0v) is 14.6. The number of fused-ring (bicyclic) bond motifs is 1. The van der Waals surface area contributed by atoms with Crippen molar-refractivity contribution in [2.75, 3.05) is 17.7 Å². The Kier molecular flexibility index (Phi) is 4.22. The zero-order chi connectivity index (χ0) is 18.1. The highest BCUT2D eigenvalue weighted by molar-refractivity contribution is 6.01. The molecule has 0 radical (unpaired) electrons. The molecule has 0 saturated carbocycles. The Morgan fingerprint density at radius 3 is 2.40 bits per heavy atom. The predicted octanol–water partition coefficient (Wildman–Crippen LogP) is 2.84. The van der Waals surface area contributed by atoms with E-state index in [0.29, 0.717) is 17.1 Å². The van der Waals surface area contributed by atoms with E-state index in [4.69, 9.17) is 4.74 Å². The van der Waals surface area contributed by atoms with Crippen molar-refractivity contribution in [2.45, 2.75) is 6.92 Å². The normalized spacial score (nSPS) is 10.7. The van der Waals surface area contributed by atoms with E-state index in [9.17, 15) is 9.59 Å². The summed E-state index contributed by atoms with van der Waals surface area (Å²) >= 11 is 0. The third-order valence-electron chi connectivity index (χ3n) is 4.19. The van der Waals surface area contributed by atoms with E-state index in [1.165, 1.54) is 0 Å². The fourth-order valence-electron chi connectivity index (χ4n) is 2.77. The number of methoxy groups -OCH3 is 1. The molecule has 0 unspecified atom stereocenters. The molecule has 2 N–H and O–H groups in total. The largest absolute Gasteiger partial charge is 0.497 e. The highest BCUT2D eigenvalue weighted by Gasteiger charge is 2.12. The van der Waals surface area contributed by atoms with Crippen molar-refractivity contribution < 1.29 is 9.53 Å². The van der Waals surface area contributed by atoms with Crippen molar-refractivity contribution in [3.63, 3.8) is 0 Å². The maximum Gasteiger partial charge on any atom is 0.328 e. The number of amides is 2. The van der Waals surface area contributed by atoms with Crippen molar-refractivity contribution >= 4 is 28.4 Å². The minimum absolute atomic E-state index is 0.104. The highest BCUT2D eigenvalue weighted by atomic mass is 16.5. The standard InChI is InChI=1S/C18H20N4O3/c1-11-8-15-16(22(3)18(24)21(15)2)10-14(11)20-17(23)19-12-6-5-7-13(9-12)25-4/h5-10H,1-4H3,(H2,19,20,23). The number of carbonyl (C=O) groups is 1. The molecule has 0 spiro atoms. The van der Waals surface area contributed by atoms with Crippen LogP contribution < -0.4 is 21.1 Å². The molecule has 0 saturated heterocycles. The Hall–Kier alpha value is -3.22. The molecule has 25 heavy (non-hydrogen) atoms. The highest BCUT2D eigenvalue weighted by Crippen LogP contribution is 2.23. The van der Waals surface area contributed by atoms with Crippen LogP contribution in [0.5, 0.6) is 5.75 Å². The van der Waals surface area contributed by atoms with Crippen LogP contribution in [0.4, 0.5) is 16.2 Å². The summed E-state index contributed by atoms with van der Waals surface area (Å²) in [5.74, 6) is 0.662. The van der Waals surface area contributed by atoms with Gasteiger partial charge in [-0.1, -0.05) is 6.07 Å². The number of ether oxygens (including phenoxy) is 1. The zero-order valence-electron chi connectivity index (χ0n) is 14.6. The second-order valence-electron chi connectivity index (χ2n) is 5.87. The quantitative estimate of drug-likeness (QED) is 0.770. The molecule has 1 heterocycles. The molecule has 0 atom stereocenters. The number of urea groups is 1. The summed E-state index contributed by atoms with van der Waals surface area (Å²) in [6.07, 6.45) is 0. The molecule has 0 aliphatic heterocycles. The number of benzene rings is 2. The molecule has 7 nitrogen and oxygen atoms in total. The third-order valence-corrected chi connectivity index (χ3v) is 4.19. The van der Waals surface area contributed by atoms with E-state index in [-0.39, 0.29) is 11.7 Å². The van der Waals surface area contributed by atoms with Crippen LogP contribution in [0.15, 0.2) is 41.2 Å². The van der Waals surface area contributed by atoms with E-state index >= 15 is 0 Å². The molecule has 3 aromatic rings. The molecule has 2 amide bonds. The number of hydrogen-bond acceptors (Lipinski definition) is 3. The first kappa shape index (κ1) is 16.6. The summed E-state index contributed by atoms with van der Waals surface area (Å²) in [7, 11) is 5.01. The van der Waals surface area contributed by atoms with Crippen molar-refractivity contribution in [3.05, 3.63) is 52.4 Å². The molecule has 0 aliphatic rings. The lowest BCUT2D eigenvalue weighted by Crippen LogP contribution is -2.20. The number of nitrogens with one attached hydrogen (secondary N) is 2. The Morgan fingerprint density at radius 1 is 1.04 bits per heavy atom. The van der Waals surface area contributed by atoms with E-state index in [2.05, 4.69) is 10.6 Å². The molecule has 0 bridgehead atoms. The Morgan fingerprint density at radius 2 is 1.72 bits per heavy atom.